The van der Waals surface area contributed by atoms with Crippen LogP contribution in [-0.2, 0) is 0 Å². The van der Waals surface area contributed by atoms with E-state index in [1.165, 1.54) is 11.3 Å². The van der Waals surface area contributed by atoms with Crippen LogP contribution in [0.25, 0.3) is 0 Å². The highest BCUT2D eigenvalue weighted by atomic mass is 35.5. The molecule has 0 aliphatic carbocycles. The summed E-state index contributed by atoms with van der Waals surface area (Å²) in [5.41, 5.74) is 0. The normalized spacial score (nSPS) is 12.2. The number of rotatable bonds is 5. The van der Waals surface area contributed by atoms with Gasteiger partial charge in [-0.05, 0) is 6.42 Å². The van der Waals surface area contributed by atoms with Gasteiger partial charge in [0.15, 0.2) is 0 Å². The molecule has 1 aromatic heterocycles. The lowest BCUT2D eigenvalue weighted by molar-refractivity contribution is 0.0943. The first-order chi connectivity index (χ1) is 7.21. The highest BCUT2D eigenvalue weighted by Crippen LogP contribution is 2.21. The van der Waals surface area contributed by atoms with Gasteiger partial charge in [0.2, 0.25) is 0 Å². The Morgan fingerprint density at radius 3 is 2.93 bits per heavy atom. The van der Waals surface area contributed by atoms with Crippen LogP contribution in [0.2, 0.25) is 0 Å². The Morgan fingerprint density at radius 1 is 1.73 bits per heavy atom. The molecule has 0 radical (unpaired) electrons. The van der Waals surface area contributed by atoms with Crippen molar-refractivity contribution in [2.24, 2.45) is 0 Å². The Morgan fingerprint density at radius 2 is 2.47 bits per heavy atom. The lowest BCUT2D eigenvalue weighted by Gasteiger charge is -2.12. The summed E-state index contributed by atoms with van der Waals surface area (Å²) in [5, 5.41) is 4.66. The van der Waals surface area contributed by atoms with E-state index in [-0.39, 0.29) is 11.9 Å². The average molecular weight is 248 g/mol. The number of hydrogen-bond acceptors (Lipinski definition) is 3. The highest BCUT2D eigenvalue weighted by Gasteiger charge is 2.13. The third kappa shape index (κ3) is 3.39. The fraction of sp³-hybridized carbons (Fsp3) is 0.500. The van der Waals surface area contributed by atoms with E-state index in [1.807, 2.05) is 6.92 Å². The van der Waals surface area contributed by atoms with Gasteiger partial charge in [-0.25, -0.2) is 0 Å². The van der Waals surface area contributed by atoms with Crippen molar-refractivity contribution in [3.8, 4) is 5.75 Å². The molecule has 0 spiro atoms. The Hall–Kier alpha value is -0.740. The van der Waals surface area contributed by atoms with Gasteiger partial charge in [0.05, 0.1) is 12.0 Å². The quantitative estimate of drug-likeness (QED) is 0.812. The maximum Gasteiger partial charge on any atom is 0.261 e. The summed E-state index contributed by atoms with van der Waals surface area (Å²) < 4.78 is 5.01. The first-order valence-electron chi connectivity index (χ1n) is 4.70. The zero-order chi connectivity index (χ0) is 11.3. The molecule has 0 fully saturated rings. The largest absolute Gasteiger partial charge is 0.496 e. The van der Waals surface area contributed by atoms with Gasteiger partial charge in [-0.1, -0.05) is 6.92 Å². The second-order valence-corrected chi connectivity index (χ2v) is 4.30. The highest BCUT2D eigenvalue weighted by molar-refractivity contribution is 7.12. The molecule has 3 nitrogen and oxygen atoms in total. The molecule has 1 aromatic rings. The Bertz CT molecular complexity index is 323. The number of amides is 1. The van der Waals surface area contributed by atoms with Crippen molar-refractivity contribution < 1.29 is 9.53 Å². The predicted octanol–water partition coefficient (Wildman–Crippen LogP) is 2.50. The van der Waals surface area contributed by atoms with Gasteiger partial charge < -0.3 is 10.1 Å². The van der Waals surface area contributed by atoms with E-state index < -0.39 is 0 Å². The molecule has 1 amide bonds. The van der Waals surface area contributed by atoms with E-state index in [9.17, 15) is 4.79 Å². The van der Waals surface area contributed by atoms with Crippen molar-refractivity contribution in [2.45, 2.75) is 19.4 Å². The van der Waals surface area contributed by atoms with Crippen molar-refractivity contribution in [3.63, 3.8) is 0 Å². The molecule has 15 heavy (non-hydrogen) atoms. The molecule has 1 rings (SSSR count). The molecule has 1 atom stereocenters. The standard InChI is InChI=1S/C10H14ClNO2S/c1-3-7(5-11)12-10(13)9-4-8(14-2)6-15-9/h4,6-7H,3,5H2,1-2H3,(H,12,13). The molecule has 0 saturated heterocycles. The third-order valence-corrected chi connectivity index (χ3v) is 3.33. The molecule has 0 aliphatic heterocycles. The maximum atomic E-state index is 11.7. The molecule has 0 aromatic carbocycles. The minimum atomic E-state index is -0.0872. The van der Waals surface area contributed by atoms with E-state index in [0.717, 1.165) is 6.42 Å². The SMILES string of the molecule is CCC(CCl)NC(=O)c1cc(OC)cs1. The summed E-state index contributed by atoms with van der Waals surface area (Å²) in [7, 11) is 1.58. The summed E-state index contributed by atoms with van der Waals surface area (Å²) in [5.74, 6) is 1.06. The molecule has 1 N–H and O–H groups in total. The molecule has 1 heterocycles. The number of ether oxygens (including phenoxy) is 1. The van der Waals surface area contributed by atoms with Gasteiger partial charge >= 0.3 is 0 Å². The van der Waals surface area contributed by atoms with Crippen molar-refractivity contribution >= 4 is 28.8 Å². The van der Waals surface area contributed by atoms with Crippen LogP contribution in [0, 0.1) is 0 Å². The van der Waals surface area contributed by atoms with E-state index in [4.69, 9.17) is 16.3 Å². The van der Waals surface area contributed by atoms with Crippen LogP contribution in [0.4, 0.5) is 0 Å². The van der Waals surface area contributed by atoms with Crippen LogP contribution in [0.15, 0.2) is 11.4 Å². The van der Waals surface area contributed by atoms with Crippen molar-refractivity contribution in [1.82, 2.24) is 5.32 Å². The van der Waals surface area contributed by atoms with E-state index >= 15 is 0 Å². The molecule has 84 valence electrons. The van der Waals surface area contributed by atoms with Crippen LogP contribution >= 0.6 is 22.9 Å². The summed E-state index contributed by atoms with van der Waals surface area (Å²) in [4.78, 5) is 12.3. The Kier molecular flexibility index (Phi) is 4.91. The lowest BCUT2D eigenvalue weighted by atomic mass is 10.2. The molecule has 0 saturated carbocycles. The fourth-order valence-electron chi connectivity index (χ4n) is 1.05. The number of alkyl halides is 1. The van der Waals surface area contributed by atoms with Crippen molar-refractivity contribution in [3.05, 3.63) is 16.3 Å². The number of methoxy groups -OCH3 is 1. The topological polar surface area (TPSA) is 38.3 Å². The predicted molar refractivity (Wildman–Crippen MR) is 63.1 cm³/mol. The Labute approximate surface area is 98.4 Å². The molecular weight excluding hydrogens is 234 g/mol. The van der Waals surface area contributed by atoms with Crippen LogP contribution in [0.3, 0.4) is 0 Å². The van der Waals surface area contributed by atoms with Crippen molar-refractivity contribution in [1.29, 1.82) is 0 Å². The monoisotopic (exact) mass is 247 g/mol. The van der Waals surface area contributed by atoms with Crippen LogP contribution in [-0.4, -0.2) is 24.9 Å². The average Bonchev–Trinajstić information content (AvgIpc) is 2.74. The number of carbonyl (C=O) groups is 1. The number of hydrogen-bond donors (Lipinski definition) is 1. The zero-order valence-corrected chi connectivity index (χ0v) is 10.3. The Balaban J connectivity index is 2.60. The first-order valence-corrected chi connectivity index (χ1v) is 6.12. The second-order valence-electron chi connectivity index (χ2n) is 3.08. The minimum absolute atomic E-state index is 0.0345. The second kappa shape index (κ2) is 5.98. The van der Waals surface area contributed by atoms with Gasteiger partial charge in [0.1, 0.15) is 5.75 Å². The number of halogens is 1. The van der Waals surface area contributed by atoms with Gasteiger partial charge in [-0.3, -0.25) is 4.79 Å². The van der Waals surface area contributed by atoms with Gasteiger partial charge in [-0.2, -0.15) is 0 Å². The summed E-state index contributed by atoms with van der Waals surface area (Å²) in [6, 6.07) is 1.76. The summed E-state index contributed by atoms with van der Waals surface area (Å²) in [6.45, 7) is 1.99. The molecule has 5 heteroatoms. The molecular formula is C10H14ClNO2S. The maximum absolute atomic E-state index is 11.7. The van der Waals surface area contributed by atoms with Gasteiger partial charge in [0.25, 0.3) is 5.91 Å². The van der Waals surface area contributed by atoms with E-state index in [0.29, 0.717) is 16.5 Å². The summed E-state index contributed by atoms with van der Waals surface area (Å²) in [6.07, 6.45) is 0.831. The van der Waals surface area contributed by atoms with Crippen molar-refractivity contribution in [2.75, 3.05) is 13.0 Å². The van der Waals surface area contributed by atoms with Crippen LogP contribution < -0.4 is 10.1 Å². The van der Waals surface area contributed by atoms with E-state index in [1.54, 1.807) is 18.6 Å². The molecule has 0 bridgehead atoms. The minimum Gasteiger partial charge on any atom is -0.496 e. The van der Waals surface area contributed by atoms with Crippen LogP contribution in [0.1, 0.15) is 23.0 Å². The molecule has 0 aliphatic rings. The fourth-order valence-corrected chi connectivity index (χ4v) is 2.10. The zero-order valence-electron chi connectivity index (χ0n) is 8.75. The van der Waals surface area contributed by atoms with E-state index in [2.05, 4.69) is 5.32 Å². The van der Waals surface area contributed by atoms with Gasteiger partial charge in [0, 0.05) is 23.4 Å². The third-order valence-electron chi connectivity index (χ3n) is 2.05. The first kappa shape index (κ1) is 12.3. The van der Waals surface area contributed by atoms with Gasteiger partial charge in [-0.15, -0.1) is 22.9 Å². The van der Waals surface area contributed by atoms with Crippen LogP contribution in [0.5, 0.6) is 5.75 Å². The lowest BCUT2D eigenvalue weighted by Crippen LogP contribution is -2.35. The molecule has 1 unspecified atom stereocenters. The number of carbonyl (C=O) groups excluding carboxylic acids is 1. The number of thiophene rings is 1. The summed E-state index contributed by atoms with van der Waals surface area (Å²) >= 11 is 7.06. The number of nitrogens with one attached hydrogen (secondary N) is 1. The smallest absolute Gasteiger partial charge is 0.261 e.